The van der Waals surface area contributed by atoms with Gasteiger partial charge < -0.3 is 30.9 Å². The third kappa shape index (κ3) is 13.3. The SMILES string of the molecule is Clc1ccc(C2Cc3cnc(NCCc4cnc[nH]4)nc3-c3ccccc32)cc1.Clc1ccc2c(CCNc3ncc4c(n3)-c3ccccc3C(c3ccccc3Cl)C4)c[nH]c2c1.Fc1ccc(C2Cc3cnc(NCCc4cnc[nH]4)nc3-c3ccccc32)cc1F. The summed E-state index contributed by atoms with van der Waals surface area (Å²) in [6.45, 7) is 2.16. The second-order valence-electron chi connectivity index (χ2n) is 23.2. The van der Waals surface area contributed by atoms with E-state index >= 15 is 0 Å². The van der Waals surface area contributed by atoms with E-state index in [-0.39, 0.29) is 17.8 Å². The molecule has 16 rings (SSSR count). The van der Waals surface area contributed by atoms with Crippen LogP contribution in [0.3, 0.4) is 0 Å². The molecule has 0 saturated heterocycles. The van der Waals surface area contributed by atoms with Crippen molar-refractivity contribution in [1.82, 2.24) is 54.8 Å². The van der Waals surface area contributed by atoms with E-state index in [2.05, 4.69) is 129 Å². The van der Waals surface area contributed by atoms with Crippen molar-refractivity contribution in [3.05, 3.63) is 301 Å². The number of rotatable bonds is 15. The highest BCUT2D eigenvalue weighted by atomic mass is 35.5. The molecular weight excluding hydrogens is 1230 g/mol. The van der Waals surface area contributed by atoms with Crippen LogP contribution in [0.2, 0.25) is 15.1 Å². The zero-order valence-electron chi connectivity index (χ0n) is 50.2. The predicted octanol–water partition coefficient (Wildman–Crippen LogP) is 16.6. The topological polar surface area (TPSA) is 187 Å². The lowest BCUT2D eigenvalue weighted by Gasteiger charge is -2.28. The van der Waals surface area contributed by atoms with E-state index < -0.39 is 11.6 Å². The molecule has 462 valence electrons. The Morgan fingerprint density at radius 1 is 0.430 bits per heavy atom. The molecule has 0 amide bonds. The largest absolute Gasteiger partial charge is 0.361 e. The number of hydrogen-bond acceptors (Lipinski definition) is 11. The number of fused-ring (bicyclic) bond motifs is 10. The molecule has 7 aromatic carbocycles. The Kier molecular flexibility index (Phi) is 17.8. The first kappa shape index (κ1) is 60.4. The Bertz CT molecular complexity index is 4770. The molecule has 6 N–H and O–H groups in total. The van der Waals surface area contributed by atoms with Crippen LogP contribution in [0.5, 0.6) is 0 Å². The van der Waals surface area contributed by atoms with Gasteiger partial charge in [-0.15, -0.1) is 0 Å². The second kappa shape index (κ2) is 27.4. The first-order valence-corrected chi connectivity index (χ1v) is 32.0. The van der Waals surface area contributed by atoms with Crippen LogP contribution in [0.15, 0.2) is 208 Å². The fraction of sp³-hybridized carbons (Fsp3) is 0.162. The van der Waals surface area contributed by atoms with Gasteiger partial charge in [-0.25, -0.2) is 48.7 Å². The monoisotopic (exact) mass is 1290 g/mol. The van der Waals surface area contributed by atoms with Crippen molar-refractivity contribution in [2.24, 2.45) is 0 Å². The van der Waals surface area contributed by atoms with Crippen LogP contribution in [0.1, 0.15) is 84.8 Å². The smallest absolute Gasteiger partial charge is 0.223 e. The Hall–Kier alpha value is -10.1. The van der Waals surface area contributed by atoms with Gasteiger partial charge in [0.2, 0.25) is 17.8 Å². The van der Waals surface area contributed by atoms with Crippen LogP contribution < -0.4 is 16.0 Å². The summed E-state index contributed by atoms with van der Waals surface area (Å²) in [6.07, 6.45) is 19.6. The molecule has 6 heterocycles. The van der Waals surface area contributed by atoms with E-state index in [1.807, 2.05) is 97.7 Å². The van der Waals surface area contributed by atoms with Crippen molar-refractivity contribution < 1.29 is 8.78 Å². The number of imidazole rings is 2. The van der Waals surface area contributed by atoms with Crippen LogP contribution >= 0.6 is 34.8 Å². The van der Waals surface area contributed by atoms with E-state index in [1.165, 1.54) is 50.9 Å². The summed E-state index contributed by atoms with van der Waals surface area (Å²) >= 11 is 18.8. The minimum absolute atomic E-state index is 0.0772. The molecule has 93 heavy (non-hydrogen) atoms. The number of nitrogens with one attached hydrogen (secondary N) is 6. The number of anilines is 3. The van der Waals surface area contributed by atoms with Crippen molar-refractivity contribution in [2.75, 3.05) is 35.6 Å². The van der Waals surface area contributed by atoms with Crippen molar-refractivity contribution in [3.63, 3.8) is 0 Å². The van der Waals surface area contributed by atoms with E-state index in [0.29, 0.717) is 30.8 Å². The number of benzene rings is 7. The normalized spacial score (nSPS) is 14.7. The predicted molar refractivity (Wildman–Crippen MR) is 365 cm³/mol. The van der Waals surface area contributed by atoms with Crippen molar-refractivity contribution in [2.45, 2.75) is 56.3 Å². The first-order valence-electron chi connectivity index (χ1n) is 30.9. The van der Waals surface area contributed by atoms with E-state index in [1.54, 1.807) is 24.9 Å². The first-order chi connectivity index (χ1) is 45.6. The molecule has 3 atom stereocenters. The molecule has 3 aliphatic rings. The molecule has 0 aliphatic heterocycles. The molecule has 0 saturated carbocycles. The molecule has 3 aliphatic carbocycles. The van der Waals surface area contributed by atoms with Crippen molar-refractivity contribution in [3.8, 4) is 33.8 Å². The van der Waals surface area contributed by atoms with E-state index in [9.17, 15) is 8.78 Å². The van der Waals surface area contributed by atoms with Crippen molar-refractivity contribution >= 4 is 63.6 Å². The molecule has 6 aromatic heterocycles. The van der Waals surface area contributed by atoms with Gasteiger partial charge in [0.15, 0.2) is 11.6 Å². The lowest BCUT2D eigenvalue weighted by Crippen LogP contribution is -2.16. The number of aromatic nitrogens is 11. The second-order valence-corrected chi connectivity index (χ2v) is 24.4. The van der Waals surface area contributed by atoms with E-state index in [4.69, 9.17) is 49.8 Å². The van der Waals surface area contributed by atoms with Crippen LogP contribution in [0, 0.1) is 11.6 Å². The fourth-order valence-electron chi connectivity index (χ4n) is 12.9. The summed E-state index contributed by atoms with van der Waals surface area (Å²) in [6, 6.07) is 51.2. The average molecular weight is 1290 g/mol. The standard InChI is InChI=1S/C28H22Cl2N4.C23H20ClN5.C23H19F2N5/c29-19-9-10-20-17(15-32-26(20)14-19)11-12-31-28-33-16-18-13-24(22-6-3-4-8-25(22)30)21-5-1-2-7-23(21)27(18)34-28;24-17-7-5-15(6-8-17)21-11-16-12-27-23(26-10-9-18-13-25-14-28-18)29-22(16)20-4-2-1-3-19(20)21;24-20-6-5-14(10-21(20)25)19-9-15-11-28-23(27-8-7-16-12-26-13-29-16)30-22(15)18-4-2-1-3-17(18)19/h1-10,14-16,24,32H,11-13H2,(H,31,33,34);1-8,12-14,21H,9-11H2,(H,25,28)(H,26,27,29);1-6,10-13,19H,7-9H2,(H,26,29)(H,27,28,30). The maximum atomic E-state index is 13.9. The molecule has 0 bridgehead atoms. The zero-order chi connectivity index (χ0) is 63.2. The van der Waals surface area contributed by atoms with Gasteiger partial charge in [0.25, 0.3) is 0 Å². The minimum atomic E-state index is -0.836. The Labute approximate surface area is 550 Å². The van der Waals surface area contributed by atoms with Gasteiger partial charge in [-0.05, 0) is 124 Å². The number of nitrogens with zero attached hydrogens (tertiary/aromatic N) is 8. The van der Waals surface area contributed by atoms with Gasteiger partial charge in [0, 0.05) is 141 Å². The molecule has 0 spiro atoms. The fourth-order valence-corrected chi connectivity index (χ4v) is 13.4. The molecule has 13 aromatic rings. The van der Waals surface area contributed by atoms with Gasteiger partial charge in [-0.2, -0.15) is 0 Å². The highest BCUT2D eigenvalue weighted by Gasteiger charge is 2.31. The highest BCUT2D eigenvalue weighted by Crippen LogP contribution is 2.46. The minimum Gasteiger partial charge on any atom is -0.361 e. The number of aromatic amines is 3. The average Bonchev–Trinajstić information content (AvgIpc) is 1.39. The molecule has 0 fully saturated rings. The maximum absolute atomic E-state index is 13.9. The summed E-state index contributed by atoms with van der Waals surface area (Å²) in [5, 5.41) is 13.5. The third-order valence-electron chi connectivity index (χ3n) is 17.4. The zero-order valence-corrected chi connectivity index (χ0v) is 52.5. The van der Waals surface area contributed by atoms with Crippen LogP contribution in [-0.2, 0) is 38.5 Å². The van der Waals surface area contributed by atoms with Crippen molar-refractivity contribution in [1.29, 1.82) is 0 Å². The lowest BCUT2D eigenvalue weighted by molar-refractivity contribution is 0.506. The number of hydrogen-bond donors (Lipinski definition) is 6. The molecule has 3 unspecified atom stereocenters. The summed E-state index contributed by atoms with van der Waals surface area (Å²) in [5.41, 5.74) is 20.7. The van der Waals surface area contributed by atoms with Crippen LogP contribution in [-0.4, -0.2) is 74.5 Å². The van der Waals surface area contributed by atoms with Gasteiger partial charge in [0.1, 0.15) is 0 Å². The number of halogens is 5. The molecule has 19 heteroatoms. The quantitative estimate of drug-likeness (QED) is 0.0574. The molecule has 0 radical (unpaired) electrons. The summed E-state index contributed by atoms with van der Waals surface area (Å²) in [4.78, 5) is 45.7. The Morgan fingerprint density at radius 2 is 0.892 bits per heavy atom. The van der Waals surface area contributed by atoms with Crippen LogP contribution in [0.25, 0.3) is 44.7 Å². The van der Waals surface area contributed by atoms with Gasteiger partial charge >= 0.3 is 0 Å². The molecular formula is C74H61Cl3F2N14. The van der Waals surface area contributed by atoms with Gasteiger partial charge in [-0.3, -0.25) is 0 Å². The summed E-state index contributed by atoms with van der Waals surface area (Å²) in [5.74, 6) is 0.590. The third-order valence-corrected chi connectivity index (χ3v) is 18.2. The Balaban J connectivity index is 0.000000121. The van der Waals surface area contributed by atoms with Gasteiger partial charge in [-0.1, -0.05) is 150 Å². The van der Waals surface area contributed by atoms with Crippen LogP contribution in [0.4, 0.5) is 26.6 Å². The number of H-pyrrole nitrogens is 3. The van der Waals surface area contributed by atoms with Gasteiger partial charge in [0.05, 0.1) is 29.7 Å². The summed E-state index contributed by atoms with van der Waals surface area (Å²) in [7, 11) is 0. The lowest BCUT2D eigenvalue weighted by atomic mass is 9.78. The highest BCUT2D eigenvalue weighted by molar-refractivity contribution is 6.32. The van der Waals surface area contributed by atoms with E-state index in [0.717, 1.165) is 133 Å². The maximum Gasteiger partial charge on any atom is 0.223 e. The Morgan fingerprint density at radius 3 is 1.41 bits per heavy atom. The molecule has 14 nitrogen and oxygen atoms in total. The summed E-state index contributed by atoms with van der Waals surface area (Å²) < 4.78 is 27.3.